The van der Waals surface area contributed by atoms with Gasteiger partial charge >= 0.3 is 0 Å². The topological polar surface area (TPSA) is 46.9 Å². The number of aromatic nitrogens is 2. The number of allylic oxidation sites excluding steroid dienone is 2. The van der Waals surface area contributed by atoms with Gasteiger partial charge in [0.15, 0.2) is 0 Å². The van der Waals surface area contributed by atoms with E-state index in [0.29, 0.717) is 0 Å². The third kappa shape index (κ3) is 2.33. The second-order valence-corrected chi connectivity index (χ2v) is 4.73. The summed E-state index contributed by atoms with van der Waals surface area (Å²) in [5.41, 5.74) is 2.25. The highest BCUT2D eigenvalue weighted by Gasteiger charge is 2.22. The molecule has 2 rings (SSSR count). The van der Waals surface area contributed by atoms with E-state index in [2.05, 4.69) is 36.4 Å². The fourth-order valence-corrected chi connectivity index (χ4v) is 2.49. The fraction of sp³-hybridized carbons (Fsp3) is 0.571. The summed E-state index contributed by atoms with van der Waals surface area (Å²) in [5, 5.41) is 7.51. The lowest BCUT2D eigenvalue weighted by atomic mass is 10.1. The molecule has 0 bridgehead atoms. The SMILES string of the molecule is CCc1nn(C)c(NC(=O)C2CC=CC2)c1CC. The normalized spacial score (nSPS) is 15.3. The van der Waals surface area contributed by atoms with Crippen LogP contribution in [0.25, 0.3) is 0 Å². The summed E-state index contributed by atoms with van der Waals surface area (Å²) in [6.45, 7) is 4.19. The maximum atomic E-state index is 12.1. The molecule has 4 heteroatoms. The highest BCUT2D eigenvalue weighted by atomic mass is 16.2. The quantitative estimate of drug-likeness (QED) is 0.831. The number of amides is 1. The van der Waals surface area contributed by atoms with Crippen molar-refractivity contribution in [2.24, 2.45) is 13.0 Å². The summed E-state index contributed by atoms with van der Waals surface area (Å²) in [6, 6.07) is 0. The third-order valence-electron chi connectivity index (χ3n) is 3.54. The van der Waals surface area contributed by atoms with Gasteiger partial charge in [0.1, 0.15) is 5.82 Å². The van der Waals surface area contributed by atoms with E-state index in [1.807, 2.05) is 7.05 Å². The summed E-state index contributed by atoms with van der Waals surface area (Å²) in [4.78, 5) is 12.1. The van der Waals surface area contributed by atoms with Crippen molar-refractivity contribution < 1.29 is 4.79 Å². The number of carbonyl (C=O) groups excluding carboxylic acids is 1. The van der Waals surface area contributed by atoms with Gasteiger partial charge in [0.05, 0.1) is 5.69 Å². The Bertz CT molecular complexity index is 466. The average molecular weight is 247 g/mol. The predicted octanol–water partition coefficient (Wildman–Crippen LogP) is 2.45. The van der Waals surface area contributed by atoms with E-state index in [9.17, 15) is 4.79 Å². The van der Waals surface area contributed by atoms with Crippen LogP contribution < -0.4 is 5.32 Å². The number of hydrogen-bond donors (Lipinski definition) is 1. The zero-order valence-corrected chi connectivity index (χ0v) is 11.4. The molecular weight excluding hydrogens is 226 g/mol. The van der Waals surface area contributed by atoms with Gasteiger partial charge in [-0.2, -0.15) is 5.10 Å². The van der Waals surface area contributed by atoms with Crippen LogP contribution in [0.15, 0.2) is 12.2 Å². The molecular formula is C14H21N3O. The van der Waals surface area contributed by atoms with E-state index < -0.39 is 0 Å². The molecule has 18 heavy (non-hydrogen) atoms. The van der Waals surface area contributed by atoms with Crippen molar-refractivity contribution in [3.63, 3.8) is 0 Å². The number of aryl methyl sites for hydroxylation is 2. The van der Waals surface area contributed by atoms with E-state index in [1.165, 1.54) is 5.56 Å². The van der Waals surface area contributed by atoms with Crippen molar-refractivity contribution >= 4 is 11.7 Å². The van der Waals surface area contributed by atoms with Gasteiger partial charge < -0.3 is 5.32 Å². The number of hydrogen-bond acceptors (Lipinski definition) is 2. The molecule has 0 unspecified atom stereocenters. The van der Waals surface area contributed by atoms with E-state index in [1.54, 1.807) is 4.68 Å². The van der Waals surface area contributed by atoms with Crippen molar-refractivity contribution in [1.29, 1.82) is 0 Å². The van der Waals surface area contributed by atoms with Crippen molar-refractivity contribution in [2.75, 3.05) is 5.32 Å². The van der Waals surface area contributed by atoms with Gasteiger partial charge in [-0.3, -0.25) is 9.48 Å². The molecule has 1 amide bonds. The summed E-state index contributed by atoms with van der Waals surface area (Å²) in [6.07, 6.45) is 7.66. The van der Waals surface area contributed by atoms with Crippen LogP contribution in [0.3, 0.4) is 0 Å². The smallest absolute Gasteiger partial charge is 0.229 e. The summed E-state index contributed by atoms with van der Waals surface area (Å²) < 4.78 is 1.79. The number of nitrogens with zero attached hydrogens (tertiary/aromatic N) is 2. The molecule has 0 aliphatic heterocycles. The highest BCUT2D eigenvalue weighted by Crippen LogP contribution is 2.24. The molecule has 0 saturated heterocycles. The molecule has 0 saturated carbocycles. The van der Waals surface area contributed by atoms with Gasteiger partial charge in [-0.25, -0.2) is 0 Å². The molecule has 98 valence electrons. The van der Waals surface area contributed by atoms with Gasteiger partial charge in [-0.05, 0) is 25.7 Å². The van der Waals surface area contributed by atoms with Crippen LogP contribution in [0.5, 0.6) is 0 Å². The minimum Gasteiger partial charge on any atom is -0.310 e. The van der Waals surface area contributed by atoms with Gasteiger partial charge in [-0.15, -0.1) is 0 Å². The first kappa shape index (κ1) is 12.9. The fourth-order valence-electron chi connectivity index (χ4n) is 2.49. The molecule has 0 radical (unpaired) electrons. The Labute approximate surface area is 108 Å². The van der Waals surface area contributed by atoms with Gasteiger partial charge in [0, 0.05) is 18.5 Å². The lowest BCUT2D eigenvalue weighted by molar-refractivity contribution is -0.119. The van der Waals surface area contributed by atoms with Crippen LogP contribution in [-0.2, 0) is 24.7 Å². The van der Waals surface area contributed by atoms with Crippen LogP contribution in [-0.4, -0.2) is 15.7 Å². The van der Waals surface area contributed by atoms with Crippen LogP contribution in [0.4, 0.5) is 5.82 Å². The molecule has 0 spiro atoms. The van der Waals surface area contributed by atoms with Crippen molar-refractivity contribution in [2.45, 2.75) is 39.5 Å². The lowest BCUT2D eigenvalue weighted by Crippen LogP contribution is -2.22. The third-order valence-corrected chi connectivity index (χ3v) is 3.54. The molecule has 1 aliphatic rings. The van der Waals surface area contributed by atoms with E-state index in [4.69, 9.17) is 0 Å². The average Bonchev–Trinajstić information content (AvgIpc) is 2.98. The number of anilines is 1. The van der Waals surface area contributed by atoms with Crippen molar-refractivity contribution in [3.8, 4) is 0 Å². The lowest BCUT2D eigenvalue weighted by Gasteiger charge is -2.12. The van der Waals surface area contributed by atoms with E-state index in [0.717, 1.165) is 37.2 Å². The number of carbonyl (C=O) groups is 1. The predicted molar refractivity (Wildman–Crippen MR) is 72.5 cm³/mol. The van der Waals surface area contributed by atoms with Crippen LogP contribution >= 0.6 is 0 Å². The summed E-state index contributed by atoms with van der Waals surface area (Å²) >= 11 is 0. The Kier molecular flexibility index (Phi) is 3.84. The molecule has 4 nitrogen and oxygen atoms in total. The standard InChI is InChI=1S/C14H21N3O/c1-4-11-12(5-2)16-17(3)13(11)15-14(18)10-8-6-7-9-10/h6-7,10H,4-5,8-9H2,1-3H3,(H,15,18). The first-order valence-electron chi connectivity index (χ1n) is 6.67. The van der Waals surface area contributed by atoms with Gasteiger partial charge in [0.25, 0.3) is 0 Å². The highest BCUT2D eigenvalue weighted by molar-refractivity contribution is 5.93. The molecule has 1 N–H and O–H groups in total. The van der Waals surface area contributed by atoms with Crippen LogP contribution in [0, 0.1) is 5.92 Å². The zero-order valence-electron chi connectivity index (χ0n) is 11.4. The first-order valence-corrected chi connectivity index (χ1v) is 6.67. The van der Waals surface area contributed by atoms with Crippen molar-refractivity contribution in [1.82, 2.24) is 9.78 Å². The Hall–Kier alpha value is -1.58. The molecule has 1 aliphatic carbocycles. The molecule has 0 aromatic carbocycles. The van der Waals surface area contributed by atoms with Crippen LogP contribution in [0.2, 0.25) is 0 Å². The monoisotopic (exact) mass is 247 g/mol. The minimum absolute atomic E-state index is 0.0923. The minimum atomic E-state index is 0.0923. The second kappa shape index (κ2) is 5.38. The molecule has 1 aromatic heterocycles. The maximum absolute atomic E-state index is 12.1. The Morgan fingerprint density at radius 3 is 2.61 bits per heavy atom. The summed E-state index contributed by atoms with van der Waals surface area (Å²) in [7, 11) is 1.89. The first-order chi connectivity index (χ1) is 8.67. The molecule has 0 fully saturated rings. The van der Waals surface area contributed by atoms with Gasteiger partial charge in [-0.1, -0.05) is 26.0 Å². The van der Waals surface area contributed by atoms with Crippen LogP contribution in [0.1, 0.15) is 37.9 Å². The van der Waals surface area contributed by atoms with Gasteiger partial charge in [0.2, 0.25) is 5.91 Å². The van der Waals surface area contributed by atoms with Crippen molar-refractivity contribution in [3.05, 3.63) is 23.4 Å². The summed E-state index contributed by atoms with van der Waals surface area (Å²) in [5.74, 6) is 1.07. The number of rotatable bonds is 4. The number of nitrogens with one attached hydrogen (secondary N) is 1. The largest absolute Gasteiger partial charge is 0.310 e. The maximum Gasteiger partial charge on any atom is 0.229 e. The Balaban J connectivity index is 2.17. The van der Waals surface area contributed by atoms with E-state index in [-0.39, 0.29) is 11.8 Å². The molecule has 1 heterocycles. The Morgan fingerprint density at radius 2 is 2.06 bits per heavy atom. The zero-order chi connectivity index (χ0) is 13.1. The van der Waals surface area contributed by atoms with E-state index >= 15 is 0 Å². The molecule has 1 aromatic rings. The second-order valence-electron chi connectivity index (χ2n) is 4.73. The molecule has 0 atom stereocenters. The Morgan fingerprint density at radius 1 is 1.39 bits per heavy atom.